The molecule has 0 aliphatic carbocycles. The number of hydrogen-bond donors (Lipinski definition) is 1. The van der Waals surface area contributed by atoms with Gasteiger partial charge < -0.3 is 10.5 Å². The smallest absolute Gasteiger partial charge is 0.359 e. The van der Waals surface area contributed by atoms with Gasteiger partial charge in [0.05, 0.1) is 5.69 Å². The molecule has 0 amide bonds. The van der Waals surface area contributed by atoms with Crippen molar-refractivity contribution in [3.8, 4) is 0 Å². The Labute approximate surface area is 148 Å². The molecule has 0 aliphatic heterocycles. The highest BCUT2D eigenvalue weighted by Gasteiger charge is 2.22. The van der Waals surface area contributed by atoms with Crippen molar-refractivity contribution in [3.05, 3.63) is 58.9 Å². The molecule has 0 aliphatic rings. The summed E-state index contributed by atoms with van der Waals surface area (Å²) >= 11 is 0. The van der Waals surface area contributed by atoms with E-state index in [9.17, 15) is 9.59 Å². The number of benzene rings is 1. The van der Waals surface area contributed by atoms with Crippen molar-refractivity contribution in [3.63, 3.8) is 0 Å². The van der Waals surface area contributed by atoms with Crippen molar-refractivity contribution in [2.75, 3.05) is 5.73 Å². The number of hydrogen-bond acceptors (Lipinski definition) is 5. The van der Waals surface area contributed by atoms with Gasteiger partial charge in [0, 0.05) is 18.2 Å². The second-order valence-corrected chi connectivity index (χ2v) is 6.89. The molecule has 5 heteroatoms. The molecule has 0 saturated carbocycles. The van der Waals surface area contributed by atoms with Crippen molar-refractivity contribution in [1.29, 1.82) is 0 Å². The van der Waals surface area contributed by atoms with Crippen molar-refractivity contribution >= 4 is 17.4 Å². The van der Waals surface area contributed by atoms with E-state index in [4.69, 9.17) is 10.5 Å². The molecule has 2 aromatic rings. The van der Waals surface area contributed by atoms with Gasteiger partial charge in [0.2, 0.25) is 0 Å². The van der Waals surface area contributed by atoms with E-state index >= 15 is 0 Å². The summed E-state index contributed by atoms with van der Waals surface area (Å²) in [4.78, 5) is 28.8. The molecular weight excluding hydrogens is 316 g/mol. The van der Waals surface area contributed by atoms with Crippen molar-refractivity contribution in [2.45, 2.75) is 46.1 Å². The lowest BCUT2D eigenvalue weighted by Gasteiger charge is -2.20. The van der Waals surface area contributed by atoms with Crippen LogP contribution < -0.4 is 5.73 Å². The number of ketones is 1. The summed E-state index contributed by atoms with van der Waals surface area (Å²) in [6.45, 7) is 7.36. The minimum absolute atomic E-state index is 0.0440. The molecule has 1 heterocycles. The molecule has 1 aromatic carbocycles. The van der Waals surface area contributed by atoms with Gasteiger partial charge in [0.1, 0.15) is 5.60 Å². The minimum atomic E-state index is -0.641. The summed E-state index contributed by atoms with van der Waals surface area (Å²) in [6.07, 6.45) is 2.44. The molecular formula is C20H24N2O3. The lowest BCUT2D eigenvalue weighted by Crippen LogP contribution is -2.25. The van der Waals surface area contributed by atoms with Crippen LogP contribution in [0, 0.1) is 0 Å². The van der Waals surface area contributed by atoms with Gasteiger partial charge in [0.15, 0.2) is 11.5 Å². The first-order valence-electron chi connectivity index (χ1n) is 8.30. The third-order valence-electron chi connectivity index (χ3n) is 3.68. The number of aromatic nitrogens is 1. The Morgan fingerprint density at radius 1 is 1.20 bits per heavy atom. The second kappa shape index (κ2) is 7.47. The number of Topliss-reactive ketones (excluding diaryl/α,β-unsaturated/α-hetero) is 1. The Balaban J connectivity index is 2.24. The average Bonchev–Trinajstić information content (AvgIpc) is 2.55. The Morgan fingerprint density at radius 3 is 2.56 bits per heavy atom. The quantitative estimate of drug-likeness (QED) is 0.664. The fourth-order valence-corrected chi connectivity index (χ4v) is 2.40. The Morgan fingerprint density at radius 2 is 1.92 bits per heavy atom. The molecule has 0 spiro atoms. The van der Waals surface area contributed by atoms with E-state index in [1.54, 1.807) is 32.9 Å². The molecule has 0 saturated heterocycles. The first-order chi connectivity index (χ1) is 11.7. The molecule has 0 radical (unpaired) electrons. The van der Waals surface area contributed by atoms with Gasteiger partial charge in [-0.3, -0.25) is 4.79 Å². The highest BCUT2D eigenvalue weighted by Crippen LogP contribution is 2.21. The summed E-state index contributed by atoms with van der Waals surface area (Å²) in [5.74, 6) is -0.643. The first-order valence-corrected chi connectivity index (χ1v) is 8.30. The molecule has 25 heavy (non-hydrogen) atoms. The highest BCUT2D eigenvalue weighted by molar-refractivity contribution is 6.00. The number of ether oxygens (including phenoxy) is 1. The molecule has 0 bridgehead atoms. The Hall–Kier alpha value is -2.69. The van der Waals surface area contributed by atoms with E-state index in [0.717, 1.165) is 12.0 Å². The van der Waals surface area contributed by atoms with E-state index < -0.39 is 11.6 Å². The predicted octanol–water partition coefficient (Wildman–Crippen LogP) is 3.61. The number of aryl methyl sites for hydroxylation is 1. The number of esters is 1. The largest absolute Gasteiger partial charge is 0.455 e. The van der Waals surface area contributed by atoms with Crippen LogP contribution in [0.1, 0.15) is 59.7 Å². The molecule has 2 N–H and O–H groups in total. The summed E-state index contributed by atoms with van der Waals surface area (Å²) < 4.78 is 5.31. The minimum Gasteiger partial charge on any atom is -0.455 e. The van der Waals surface area contributed by atoms with Crippen LogP contribution >= 0.6 is 0 Å². The lowest BCUT2D eigenvalue weighted by molar-refractivity contribution is 0.00639. The van der Waals surface area contributed by atoms with Gasteiger partial charge in [-0.25, -0.2) is 9.78 Å². The van der Waals surface area contributed by atoms with Gasteiger partial charge in [-0.15, -0.1) is 0 Å². The van der Waals surface area contributed by atoms with E-state index in [1.807, 2.05) is 25.1 Å². The van der Waals surface area contributed by atoms with Gasteiger partial charge in [0.25, 0.3) is 0 Å². The van der Waals surface area contributed by atoms with E-state index in [0.29, 0.717) is 11.1 Å². The molecule has 1 aromatic heterocycles. The van der Waals surface area contributed by atoms with Crippen molar-refractivity contribution in [2.24, 2.45) is 0 Å². The zero-order valence-electron chi connectivity index (χ0n) is 15.1. The SMILES string of the molecule is CCc1cccc(C(=O)Cc2ccnc(C(=O)OC(C)(C)C)c2N)c1. The van der Waals surface area contributed by atoms with Crippen molar-refractivity contribution < 1.29 is 14.3 Å². The summed E-state index contributed by atoms with van der Waals surface area (Å²) in [7, 11) is 0. The van der Waals surface area contributed by atoms with Crippen LogP contribution in [-0.2, 0) is 17.6 Å². The van der Waals surface area contributed by atoms with Gasteiger partial charge >= 0.3 is 5.97 Å². The fraction of sp³-hybridized carbons (Fsp3) is 0.350. The van der Waals surface area contributed by atoms with Crippen LogP contribution in [0.4, 0.5) is 5.69 Å². The highest BCUT2D eigenvalue weighted by atomic mass is 16.6. The number of rotatable bonds is 5. The maximum absolute atomic E-state index is 12.6. The van der Waals surface area contributed by atoms with E-state index in [2.05, 4.69) is 4.98 Å². The number of nitrogens with two attached hydrogens (primary N) is 1. The first kappa shape index (κ1) is 18.6. The molecule has 0 unspecified atom stereocenters. The van der Waals surface area contributed by atoms with Crippen molar-refractivity contribution in [1.82, 2.24) is 4.98 Å². The summed E-state index contributed by atoms with van der Waals surface area (Å²) in [5.41, 5.74) is 7.97. The third kappa shape index (κ3) is 4.89. The number of nitrogen functional groups attached to an aromatic ring is 1. The molecule has 2 rings (SSSR count). The standard InChI is InChI=1S/C20H24N2O3/c1-5-13-7-6-8-14(11-13)16(23)12-15-9-10-22-18(17(15)21)19(24)25-20(2,3)4/h6-11H,5,12,21H2,1-4H3. The maximum Gasteiger partial charge on any atom is 0.359 e. The number of carbonyl (C=O) groups excluding carboxylic acids is 2. The van der Waals surface area contributed by atoms with Crippen LogP contribution in [0.2, 0.25) is 0 Å². The monoisotopic (exact) mass is 340 g/mol. The molecule has 0 atom stereocenters. The molecule has 0 fully saturated rings. The molecule has 132 valence electrons. The maximum atomic E-state index is 12.6. The number of carbonyl (C=O) groups is 2. The van der Waals surface area contributed by atoms with Crippen LogP contribution in [0.3, 0.4) is 0 Å². The summed E-state index contributed by atoms with van der Waals surface area (Å²) in [6, 6.07) is 9.18. The van der Waals surface area contributed by atoms with Gasteiger partial charge in [-0.1, -0.05) is 25.1 Å². The second-order valence-electron chi connectivity index (χ2n) is 6.89. The third-order valence-corrected chi connectivity index (χ3v) is 3.68. The van der Waals surface area contributed by atoms with E-state index in [-0.39, 0.29) is 23.6 Å². The predicted molar refractivity (Wildman–Crippen MR) is 97.7 cm³/mol. The van der Waals surface area contributed by atoms with Crippen LogP contribution in [0.15, 0.2) is 36.5 Å². The van der Waals surface area contributed by atoms with E-state index in [1.165, 1.54) is 6.20 Å². The zero-order valence-corrected chi connectivity index (χ0v) is 15.1. The van der Waals surface area contributed by atoms with Crippen LogP contribution in [0.5, 0.6) is 0 Å². The summed E-state index contributed by atoms with van der Waals surface area (Å²) in [5, 5.41) is 0. The topological polar surface area (TPSA) is 82.3 Å². The van der Waals surface area contributed by atoms with Crippen LogP contribution in [0.25, 0.3) is 0 Å². The number of nitrogens with zero attached hydrogens (tertiary/aromatic N) is 1. The lowest BCUT2D eigenvalue weighted by atomic mass is 9.99. The Bertz CT molecular complexity index is 792. The van der Waals surface area contributed by atoms with Gasteiger partial charge in [-0.2, -0.15) is 0 Å². The number of pyridine rings is 1. The number of anilines is 1. The average molecular weight is 340 g/mol. The van der Waals surface area contributed by atoms with Gasteiger partial charge in [-0.05, 0) is 50.5 Å². The normalized spacial score (nSPS) is 11.2. The Kier molecular flexibility index (Phi) is 5.57. The zero-order chi connectivity index (χ0) is 18.6. The molecule has 5 nitrogen and oxygen atoms in total. The van der Waals surface area contributed by atoms with Crippen LogP contribution in [-0.4, -0.2) is 22.3 Å². The fourth-order valence-electron chi connectivity index (χ4n) is 2.40.